The molecule has 0 aliphatic rings. The average molecular weight is 290 g/mol. The fourth-order valence-electron chi connectivity index (χ4n) is 1.89. The number of methoxy groups -OCH3 is 2. The van der Waals surface area contributed by atoms with E-state index in [0.29, 0.717) is 19.8 Å². The highest BCUT2D eigenvalue weighted by Crippen LogP contribution is 2.11. The molecule has 0 rings (SSSR count). The molecule has 0 spiro atoms. The van der Waals surface area contributed by atoms with Gasteiger partial charge in [-0.15, -0.1) is 0 Å². The third-order valence-electron chi connectivity index (χ3n) is 3.02. The van der Waals surface area contributed by atoms with E-state index in [0.717, 1.165) is 13.1 Å². The van der Waals surface area contributed by atoms with Crippen LogP contribution < -0.4 is 15.3 Å². The standard InChI is InChI=1S/C13H26N2O5/c1-13(2,12(18)14-9-11(16)17)10-15(5-7-19-3)6-8-20-4/h5-10H2,1-4H3,(H,14,18)(H,16,17). The zero-order valence-corrected chi connectivity index (χ0v) is 12.8. The maximum absolute atomic E-state index is 12.0. The van der Waals surface area contributed by atoms with Crippen LogP contribution in [0.5, 0.6) is 0 Å². The van der Waals surface area contributed by atoms with E-state index in [1.54, 1.807) is 28.1 Å². The molecule has 0 aliphatic carbocycles. The fourth-order valence-corrected chi connectivity index (χ4v) is 1.89. The van der Waals surface area contributed by atoms with Crippen molar-refractivity contribution in [3.63, 3.8) is 0 Å². The van der Waals surface area contributed by atoms with Crippen molar-refractivity contribution in [2.45, 2.75) is 13.8 Å². The summed E-state index contributed by atoms with van der Waals surface area (Å²) in [4.78, 5) is 23.5. The first kappa shape index (κ1) is 18.8. The maximum atomic E-state index is 12.0. The van der Waals surface area contributed by atoms with Crippen LogP contribution in [0.4, 0.5) is 0 Å². The molecular weight excluding hydrogens is 264 g/mol. The Morgan fingerprint density at radius 3 is 2.05 bits per heavy atom. The van der Waals surface area contributed by atoms with Crippen molar-refractivity contribution in [2.75, 3.05) is 53.6 Å². The molecular formula is C13H26N2O5. The van der Waals surface area contributed by atoms with Crippen molar-refractivity contribution in [2.24, 2.45) is 5.41 Å². The van der Waals surface area contributed by atoms with Gasteiger partial charge in [-0.25, -0.2) is 0 Å². The molecule has 0 aromatic carbocycles. The van der Waals surface area contributed by atoms with Gasteiger partial charge in [-0.2, -0.15) is 0 Å². The normalized spacial score (nSPS) is 11.7. The van der Waals surface area contributed by atoms with E-state index in [1.165, 1.54) is 4.90 Å². The van der Waals surface area contributed by atoms with Gasteiger partial charge in [0, 0.05) is 14.2 Å². The first-order valence-electron chi connectivity index (χ1n) is 6.63. The summed E-state index contributed by atoms with van der Waals surface area (Å²) in [5.74, 6) is -1.59. The highest BCUT2D eigenvalue weighted by Gasteiger charge is 2.32. The summed E-state index contributed by atoms with van der Waals surface area (Å²) >= 11 is 0. The van der Waals surface area contributed by atoms with Gasteiger partial charge in [-0.1, -0.05) is 0 Å². The SMILES string of the molecule is COCC[NH+](CCOC)CC(C)(C)C(=O)NCC(=O)[O-]. The Hall–Kier alpha value is -1.18. The summed E-state index contributed by atoms with van der Waals surface area (Å²) in [6.07, 6.45) is 0. The van der Waals surface area contributed by atoms with Gasteiger partial charge >= 0.3 is 0 Å². The summed E-state index contributed by atoms with van der Waals surface area (Å²) in [6, 6.07) is 0. The Balaban J connectivity index is 4.46. The molecule has 0 saturated heterocycles. The topological polar surface area (TPSA) is 92.1 Å². The Bertz CT molecular complexity index is 299. The Labute approximate surface area is 120 Å². The number of hydrogen-bond acceptors (Lipinski definition) is 5. The number of carboxylic acid groups (broad SMARTS) is 1. The van der Waals surface area contributed by atoms with Crippen molar-refractivity contribution in [3.8, 4) is 0 Å². The van der Waals surface area contributed by atoms with Crippen LogP contribution in [0, 0.1) is 5.41 Å². The molecule has 118 valence electrons. The molecule has 0 atom stereocenters. The van der Waals surface area contributed by atoms with Crippen molar-refractivity contribution in [3.05, 3.63) is 0 Å². The van der Waals surface area contributed by atoms with Crippen molar-refractivity contribution in [1.29, 1.82) is 0 Å². The summed E-state index contributed by atoms with van der Waals surface area (Å²) in [6.45, 7) is 6.39. The molecule has 20 heavy (non-hydrogen) atoms. The van der Waals surface area contributed by atoms with Gasteiger partial charge in [0.15, 0.2) is 0 Å². The molecule has 2 N–H and O–H groups in total. The number of nitrogens with one attached hydrogen (secondary N) is 2. The van der Waals surface area contributed by atoms with E-state index in [1.807, 2.05) is 0 Å². The fraction of sp³-hybridized carbons (Fsp3) is 0.846. The van der Waals surface area contributed by atoms with Gasteiger partial charge < -0.3 is 29.6 Å². The van der Waals surface area contributed by atoms with E-state index >= 15 is 0 Å². The summed E-state index contributed by atoms with van der Waals surface area (Å²) in [7, 11) is 3.26. The summed E-state index contributed by atoms with van der Waals surface area (Å²) < 4.78 is 10.1. The number of carbonyl (C=O) groups excluding carboxylic acids is 2. The first-order valence-corrected chi connectivity index (χ1v) is 6.63. The average Bonchev–Trinajstić information content (AvgIpc) is 2.38. The lowest BCUT2D eigenvalue weighted by Crippen LogP contribution is -3.14. The first-order chi connectivity index (χ1) is 9.33. The van der Waals surface area contributed by atoms with Gasteiger partial charge in [-0.05, 0) is 13.8 Å². The molecule has 0 saturated carbocycles. The van der Waals surface area contributed by atoms with Crippen LogP contribution in [0.25, 0.3) is 0 Å². The smallest absolute Gasteiger partial charge is 0.231 e. The summed E-state index contributed by atoms with van der Waals surface area (Å²) in [5, 5.41) is 12.7. The van der Waals surface area contributed by atoms with E-state index < -0.39 is 17.9 Å². The predicted octanol–water partition coefficient (Wildman–Crippen LogP) is -2.94. The second-order valence-corrected chi connectivity index (χ2v) is 5.35. The largest absolute Gasteiger partial charge is 0.548 e. The maximum Gasteiger partial charge on any atom is 0.231 e. The molecule has 0 aliphatic heterocycles. The quantitative estimate of drug-likeness (QED) is 0.425. The van der Waals surface area contributed by atoms with Crippen molar-refractivity contribution in [1.82, 2.24) is 5.32 Å². The number of hydrogen-bond donors (Lipinski definition) is 2. The monoisotopic (exact) mass is 290 g/mol. The van der Waals surface area contributed by atoms with Gasteiger partial charge in [0.1, 0.15) is 13.1 Å². The highest BCUT2D eigenvalue weighted by atomic mass is 16.5. The Kier molecular flexibility index (Phi) is 9.11. The third-order valence-corrected chi connectivity index (χ3v) is 3.02. The van der Waals surface area contributed by atoms with E-state index in [-0.39, 0.29) is 5.91 Å². The summed E-state index contributed by atoms with van der Waals surface area (Å²) in [5.41, 5.74) is -0.674. The zero-order chi connectivity index (χ0) is 15.6. The van der Waals surface area contributed by atoms with Crippen LogP contribution in [-0.4, -0.2) is 65.5 Å². The number of carbonyl (C=O) groups is 2. The predicted molar refractivity (Wildman–Crippen MR) is 71.1 cm³/mol. The van der Waals surface area contributed by atoms with Crippen LogP contribution in [0.15, 0.2) is 0 Å². The molecule has 0 aromatic heterocycles. The molecule has 0 heterocycles. The van der Waals surface area contributed by atoms with Gasteiger partial charge in [0.2, 0.25) is 5.91 Å². The lowest BCUT2D eigenvalue weighted by Gasteiger charge is -2.29. The van der Waals surface area contributed by atoms with Crippen LogP contribution in [-0.2, 0) is 19.1 Å². The molecule has 0 bridgehead atoms. The van der Waals surface area contributed by atoms with E-state index in [2.05, 4.69) is 5.32 Å². The van der Waals surface area contributed by atoms with E-state index in [4.69, 9.17) is 9.47 Å². The number of amides is 1. The van der Waals surface area contributed by atoms with Gasteiger partial charge in [0.05, 0.1) is 37.7 Å². The second kappa shape index (κ2) is 9.68. The van der Waals surface area contributed by atoms with Gasteiger partial charge in [0.25, 0.3) is 0 Å². The highest BCUT2D eigenvalue weighted by molar-refractivity contribution is 5.84. The molecule has 0 unspecified atom stereocenters. The minimum atomic E-state index is -1.29. The number of carboxylic acids is 1. The number of quaternary nitrogens is 1. The number of ether oxygens (including phenoxy) is 2. The molecule has 1 amide bonds. The number of rotatable bonds is 11. The minimum Gasteiger partial charge on any atom is -0.548 e. The number of aliphatic carboxylic acids is 1. The van der Waals surface area contributed by atoms with Crippen LogP contribution in [0.3, 0.4) is 0 Å². The van der Waals surface area contributed by atoms with Gasteiger partial charge in [-0.3, -0.25) is 4.79 Å². The molecule has 0 aromatic rings. The van der Waals surface area contributed by atoms with Crippen LogP contribution in [0.1, 0.15) is 13.8 Å². The van der Waals surface area contributed by atoms with Crippen LogP contribution >= 0.6 is 0 Å². The van der Waals surface area contributed by atoms with Crippen LogP contribution in [0.2, 0.25) is 0 Å². The lowest BCUT2D eigenvalue weighted by molar-refractivity contribution is -0.905. The zero-order valence-electron chi connectivity index (χ0n) is 12.8. The minimum absolute atomic E-state index is 0.297. The molecule has 7 nitrogen and oxygen atoms in total. The Morgan fingerprint density at radius 1 is 1.15 bits per heavy atom. The van der Waals surface area contributed by atoms with E-state index in [9.17, 15) is 14.7 Å². The lowest BCUT2D eigenvalue weighted by atomic mass is 9.91. The van der Waals surface area contributed by atoms with Crippen molar-refractivity contribution < 1.29 is 29.1 Å². The molecule has 7 heteroatoms. The third kappa shape index (κ3) is 8.08. The Morgan fingerprint density at radius 2 is 1.65 bits per heavy atom. The second-order valence-electron chi connectivity index (χ2n) is 5.35. The molecule has 0 fully saturated rings. The molecule has 0 radical (unpaired) electrons. The van der Waals surface area contributed by atoms with Crippen molar-refractivity contribution >= 4 is 11.9 Å².